The summed E-state index contributed by atoms with van der Waals surface area (Å²) in [7, 11) is 0. The van der Waals surface area contributed by atoms with Crippen LogP contribution in [0.1, 0.15) is 39.9 Å². The van der Waals surface area contributed by atoms with Gasteiger partial charge in [-0.1, -0.05) is 36.4 Å². The minimum Gasteiger partial charge on any atom is -0.348 e. The van der Waals surface area contributed by atoms with Gasteiger partial charge >= 0.3 is 0 Å². The van der Waals surface area contributed by atoms with Crippen LogP contribution in [0, 0.1) is 6.92 Å². The van der Waals surface area contributed by atoms with Gasteiger partial charge in [-0.15, -0.1) is 0 Å². The number of nitrogens with one attached hydrogen (secondary N) is 1. The fourth-order valence-electron chi connectivity index (χ4n) is 3.05. The van der Waals surface area contributed by atoms with Crippen LogP contribution in [0.5, 0.6) is 0 Å². The van der Waals surface area contributed by atoms with Gasteiger partial charge in [0.2, 0.25) is 0 Å². The molecule has 2 aromatic rings. The average Bonchev–Trinajstić information content (AvgIpc) is 3.07. The summed E-state index contributed by atoms with van der Waals surface area (Å²) in [6.07, 6.45) is 2.61. The second-order valence-electron chi connectivity index (χ2n) is 6.29. The number of aryl methyl sites for hydroxylation is 1. The molecule has 1 saturated heterocycles. The van der Waals surface area contributed by atoms with Crippen molar-refractivity contribution in [3.05, 3.63) is 70.8 Å². The monoisotopic (exact) mass is 308 g/mol. The van der Waals surface area contributed by atoms with Gasteiger partial charge in [0.25, 0.3) is 5.91 Å². The highest BCUT2D eigenvalue weighted by molar-refractivity contribution is 5.94. The third-order valence-electron chi connectivity index (χ3n) is 4.52. The maximum Gasteiger partial charge on any atom is 0.251 e. The molecule has 0 spiro atoms. The molecule has 1 N–H and O–H groups in total. The quantitative estimate of drug-likeness (QED) is 0.916. The van der Waals surface area contributed by atoms with Crippen molar-refractivity contribution < 1.29 is 4.79 Å². The number of nitrogens with zero attached hydrogens (tertiary/aromatic N) is 1. The number of carbonyl (C=O) groups excluding carboxylic acids is 1. The van der Waals surface area contributed by atoms with Crippen LogP contribution in [0.25, 0.3) is 0 Å². The van der Waals surface area contributed by atoms with Crippen LogP contribution in [-0.4, -0.2) is 23.9 Å². The Morgan fingerprint density at radius 3 is 2.43 bits per heavy atom. The van der Waals surface area contributed by atoms with Gasteiger partial charge in [-0.2, -0.15) is 0 Å². The third kappa shape index (κ3) is 4.20. The van der Waals surface area contributed by atoms with Crippen LogP contribution in [0.4, 0.5) is 0 Å². The fraction of sp³-hybridized carbons (Fsp3) is 0.350. The van der Waals surface area contributed by atoms with Crippen LogP contribution in [0.3, 0.4) is 0 Å². The Labute approximate surface area is 138 Å². The molecule has 1 fully saturated rings. The summed E-state index contributed by atoms with van der Waals surface area (Å²) in [6.45, 7) is 6.01. The van der Waals surface area contributed by atoms with Crippen LogP contribution >= 0.6 is 0 Å². The SMILES string of the molecule is Cc1ccccc1CNC(=O)c1ccc(CN2CCCC2)cc1. The molecule has 1 heterocycles. The lowest BCUT2D eigenvalue weighted by molar-refractivity contribution is 0.0951. The van der Waals surface area contributed by atoms with E-state index in [2.05, 4.69) is 41.4 Å². The molecule has 0 saturated carbocycles. The van der Waals surface area contributed by atoms with Crippen LogP contribution in [-0.2, 0) is 13.1 Å². The van der Waals surface area contributed by atoms with Crippen LogP contribution < -0.4 is 5.32 Å². The zero-order valence-corrected chi connectivity index (χ0v) is 13.7. The Kier molecular flexibility index (Phi) is 5.09. The molecule has 1 aliphatic rings. The molecule has 120 valence electrons. The molecule has 23 heavy (non-hydrogen) atoms. The lowest BCUT2D eigenvalue weighted by Gasteiger charge is -2.14. The van der Waals surface area contributed by atoms with Crippen molar-refractivity contribution in [3.8, 4) is 0 Å². The van der Waals surface area contributed by atoms with Crippen molar-refractivity contribution in [2.24, 2.45) is 0 Å². The van der Waals surface area contributed by atoms with E-state index in [-0.39, 0.29) is 5.91 Å². The zero-order chi connectivity index (χ0) is 16.1. The Morgan fingerprint density at radius 2 is 1.74 bits per heavy atom. The lowest BCUT2D eigenvalue weighted by Crippen LogP contribution is -2.23. The summed E-state index contributed by atoms with van der Waals surface area (Å²) in [5, 5.41) is 3.00. The van der Waals surface area contributed by atoms with Gasteiger partial charge < -0.3 is 5.32 Å². The Morgan fingerprint density at radius 1 is 1.04 bits per heavy atom. The molecule has 0 atom stereocenters. The van der Waals surface area contributed by atoms with Crippen molar-refractivity contribution in [3.63, 3.8) is 0 Å². The Balaban J connectivity index is 1.56. The van der Waals surface area contributed by atoms with E-state index in [1.54, 1.807) is 0 Å². The van der Waals surface area contributed by atoms with Gasteiger partial charge in [0.1, 0.15) is 0 Å². The maximum atomic E-state index is 12.3. The normalized spacial score (nSPS) is 14.8. The second-order valence-corrected chi connectivity index (χ2v) is 6.29. The molecule has 0 aromatic heterocycles. The summed E-state index contributed by atoms with van der Waals surface area (Å²) >= 11 is 0. The number of likely N-dealkylation sites (tertiary alicyclic amines) is 1. The highest BCUT2D eigenvalue weighted by atomic mass is 16.1. The number of hydrogen-bond acceptors (Lipinski definition) is 2. The molecule has 0 unspecified atom stereocenters. The van der Waals surface area contributed by atoms with Gasteiger partial charge in [-0.05, 0) is 61.7 Å². The first-order chi connectivity index (χ1) is 11.2. The molecule has 3 rings (SSSR count). The van der Waals surface area contributed by atoms with Crippen molar-refractivity contribution in [2.75, 3.05) is 13.1 Å². The smallest absolute Gasteiger partial charge is 0.251 e. The molecule has 2 aromatic carbocycles. The largest absolute Gasteiger partial charge is 0.348 e. The summed E-state index contributed by atoms with van der Waals surface area (Å²) < 4.78 is 0. The minimum absolute atomic E-state index is 0.0130. The highest BCUT2D eigenvalue weighted by Crippen LogP contribution is 2.13. The summed E-state index contributed by atoms with van der Waals surface area (Å²) in [5.74, 6) is -0.0130. The van der Waals surface area contributed by atoms with E-state index in [1.165, 1.54) is 37.1 Å². The molecule has 3 nitrogen and oxygen atoms in total. The van der Waals surface area contributed by atoms with E-state index in [4.69, 9.17) is 0 Å². The summed E-state index contributed by atoms with van der Waals surface area (Å²) in [5.41, 5.74) is 4.37. The zero-order valence-electron chi connectivity index (χ0n) is 13.7. The number of carbonyl (C=O) groups is 1. The molecule has 0 aliphatic carbocycles. The van der Waals surface area contributed by atoms with Gasteiger partial charge in [0, 0.05) is 18.7 Å². The minimum atomic E-state index is -0.0130. The van der Waals surface area contributed by atoms with E-state index in [9.17, 15) is 4.79 Å². The van der Waals surface area contributed by atoms with Crippen LogP contribution in [0.2, 0.25) is 0 Å². The standard InChI is InChI=1S/C20H24N2O/c1-16-6-2-3-7-19(16)14-21-20(23)18-10-8-17(9-11-18)15-22-12-4-5-13-22/h2-3,6-11H,4-5,12-15H2,1H3,(H,21,23). The molecular weight excluding hydrogens is 284 g/mol. The predicted octanol–water partition coefficient (Wildman–Crippen LogP) is 3.52. The average molecular weight is 308 g/mol. The fourth-order valence-corrected chi connectivity index (χ4v) is 3.05. The number of rotatable bonds is 5. The van der Waals surface area contributed by atoms with E-state index in [1.807, 2.05) is 24.3 Å². The van der Waals surface area contributed by atoms with Crippen molar-refractivity contribution in [2.45, 2.75) is 32.9 Å². The number of amides is 1. The molecular formula is C20H24N2O. The van der Waals surface area contributed by atoms with Gasteiger partial charge in [0.15, 0.2) is 0 Å². The highest BCUT2D eigenvalue weighted by Gasteiger charge is 2.12. The van der Waals surface area contributed by atoms with Gasteiger partial charge in [-0.25, -0.2) is 0 Å². The summed E-state index contributed by atoms with van der Waals surface area (Å²) in [4.78, 5) is 14.7. The summed E-state index contributed by atoms with van der Waals surface area (Å²) in [6, 6.07) is 16.1. The van der Waals surface area contributed by atoms with Crippen molar-refractivity contribution in [1.29, 1.82) is 0 Å². The molecule has 0 radical (unpaired) electrons. The Hall–Kier alpha value is -2.13. The first-order valence-corrected chi connectivity index (χ1v) is 8.36. The van der Waals surface area contributed by atoms with Crippen LogP contribution in [0.15, 0.2) is 48.5 Å². The topological polar surface area (TPSA) is 32.3 Å². The predicted molar refractivity (Wildman–Crippen MR) is 93.3 cm³/mol. The number of benzene rings is 2. The molecule has 1 aliphatic heterocycles. The molecule has 0 bridgehead atoms. The maximum absolute atomic E-state index is 12.3. The second kappa shape index (κ2) is 7.42. The van der Waals surface area contributed by atoms with Gasteiger partial charge in [0.05, 0.1) is 0 Å². The van der Waals surface area contributed by atoms with E-state index in [0.29, 0.717) is 6.54 Å². The third-order valence-corrected chi connectivity index (χ3v) is 4.52. The lowest BCUT2D eigenvalue weighted by atomic mass is 10.1. The van der Waals surface area contributed by atoms with Crippen molar-refractivity contribution in [1.82, 2.24) is 10.2 Å². The van der Waals surface area contributed by atoms with E-state index < -0.39 is 0 Å². The van der Waals surface area contributed by atoms with E-state index >= 15 is 0 Å². The van der Waals surface area contributed by atoms with Gasteiger partial charge in [-0.3, -0.25) is 9.69 Å². The molecule has 1 amide bonds. The molecule has 3 heteroatoms. The van der Waals surface area contributed by atoms with Crippen molar-refractivity contribution >= 4 is 5.91 Å². The first kappa shape index (κ1) is 15.8. The van der Waals surface area contributed by atoms with E-state index in [0.717, 1.165) is 17.7 Å². The Bertz CT molecular complexity index is 658. The first-order valence-electron chi connectivity index (χ1n) is 8.36. The number of hydrogen-bond donors (Lipinski definition) is 1.